The van der Waals surface area contributed by atoms with Crippen molar-refractivity contribution < 1.29 is 23.1 Å². The van der Waals surface area contributed by atoms with Gasteiger partial charge in [-0.2, -0.15) is 18.3 Å². The summed E-state index contributed by atoms with van der Waals surface area (Å²) in [7, 11) is 0. The molecule has 0 bridgehead atoms. The van der Waals surface area contributed by atoms with E-state index in [1.54, 1.807) is 19.9 Å². The number of amides is 1. The van der Waals surface area contributed by atoms with Crippen molar-refractivity contribution in [3.63, 3.8) is 0 Å². The average Bonchev–Trinajstić information content (AvgIpc) is 3.47. The number of rotatable bonds is 6. The van der Waals surface area contributed by atoms with E-state index >= 15 is 0 Å². The molecule has 2 unspecified atom stereocenters. The molecule has 2 saturated carbocycles. The number of hydrogen-bond donors (Lipinski definition) is 3. The lowest BCUT2D eigenvalue weighted by Crippen LogP contribution is -2.43. The van der Waals surface area contributed by atoms with Crippen LogP contribution in [0.2, 0.25) is 10.2 Å². The summed E-state index contributed by atoms with van der Waals surface area (Å²) in [5.41, 5.74) is -1.29. The Bertz CT molecular complexity index is 1350. The minimum Gasteiger partial charge on any atom is -0.389 e. The molecule has 2 aromatic heterocycles. The molecule has 2 aliphatic rings. The van der Waals surface area contributed by atoms with E-state index in [1.165, 1.54) is 23.0 Å². The zero-order valence-electron chi connectivity index (χ0n) is 20.1. The van der Waals surface area contributed by atoms with Crippen LogP contribution in [0.5, 0.6) is 0 Å². The van der Waals surface area contributed by atoms with Crippen molar-refractivity contribution in [2.75, 3.05) is 5.32 Å². The summed E-state index contributed by atoms with van der Waals surface area (Å²) in [5.74, 6) is 0.300. The fourth-order valence-corrected chi connectivity index (χ4v) is 5.62. The molecular weight excluding hydrogens is 530 g/mol. The SMILES string of the molecule is CC(C)(O)Cn1cc(C(=O)N[C@H]2C[C@@H](Nc3cc(C(F)(F)F)nc4ccc(Cl)cc34)CC3CC32)c(Cl)n1. The summed E-state index contributed by atoms with van der Waals surface area (Å²) in [6.45, 7) is 3.43. The molecule has 37 heavy (non-hydrogen) atoms. The smallest absolute Gasteiger partial charge is 0.389 e. The lowest BCUT2D eigenvalue weighted by Gasteiger charge is -2.31. The van der Waals surface area contributed by atoms with E-state index in [4.69, 9.17) is 23.2 Å². The molecule has 198 valence electrons. The predicted molar refractivity (Wildman–Crippen MR) is 135 cm³/mol. The Kier molecular flexibility index (Phi) is 6.57. The number of carbonyl (C=O) groups excluding carboxylic acids is 1. The highest BCUT2D eigenvalue weighted by molar-refractivity contribution is 6.32. The van der Waals surface area contributed by atoms with E-state index in [2.05, 4.69) is 20.7 Å². The number of hydrogen-bond acceptors (Lipinski definition) is 5. The van der Waals surface area contributed by atoms with Gasteiger partial charge in [0, 0.05) is 34.4 Å². The van der Waals surface area contributed by atoms with E-state index < -0.39 is 17.5 Å². The van der Waals surface area contributed by atoms with Gasteiger partial charge in [0.05, 0.1) is 23.2 Å². The zero-order chi connectivity index (χ0) is 26.7. The molecule has 3 aromatic rings. The van der Waals surface area contributed by atoms with Crippen LogP contribution in [-0.4, -0.2) is 43.5 Å². The second-order valence-electron chi connectivity index (χ2n) is 10.6. The molecule has 3 N–H and O–H groups in total. The number of halogens is 5. The molecule has 1 amide bonds. The van der Waals surface area contributed by atoms with Crippen LogP contribution >= 0.6 is 23.2 Å². The first kappa shape index (κ1) is 26.1. The molecule has 0 saturated heterocycles. The fourth-order valence-electron chi connectivity index (χ4n) is 5.22. The van der Waals surface area contributed by atoms with Gasteiger partial charge in [0.15, 0.2) is 5.15 Å². The van der Waals surface area contributed by atoms with Gasteiger partial charge in [0.2, 0.25) is 0 Å². The first-order valence-electron chi connectivity index (χ1n) is 12.0. The third-order valence-electron chi connectivity index (χ3n) is 6.87. The molecule has 4 atom stereocenters. The van der Waals surface area contributed by atoms with E-state index in [-0.39, 0.29) is 40.8 Å². The highest BCUT2D eigenvalue weighted by Crippen LogP contribution is 2.50. The van der Waals surface area contributed by atoms with Gasteiger partial charge in [-0.05, 0) is 69.2 Å². The zero-order valence-corrected chi connectivity index (χ0v) is 21.6. The molecule has 0 radical (unpaired) electrons. The maximum absolute atomic E-state index is 13.5. The first-order chi connectivity index (χ1) is 17.3. The molecule has 0 spiro atoms. The van der Waals surface area contributed by atoms with Crippen molar-refractivity contribution in [1.82, 2.24) is 20.1 Å². The largest absolute Gasteiger partial charge is 0.433 e. The minimum atomic E-state index is -4.59. The number of fused-ring (bicyclic) bond motifs is 2. The van der Waals surface area contributed by atoms with Gasteiger partial charge in [-0.15, -0.1) is 0 Å². The van der Waals surface area contributed by atoms with Gasteiger partial charge in [-0.1, -0.05) is 23.2 Å². The number of aliphatic hydroxyl groups is 1. The quantitative estimate of drug-likeness (QED) is 0.371. The molecule has 5 rings (SSSR count). The van der Waals surface area contributed by atoms with E-state index in [9.17, 15) is 23.1 Å². The van der Waals surface area contributed by atoms with Crippen LogP contribution in [-0.2, 0) is 12.7 Å². The predicted octanol–water partition coefficient (Wildman–Crippen LogP) is 5.54. The third-order valence-corrected chi connectivity index (χ3v) is 7.38. The Hall–Kier alpha value is -2.56. The molecule has 1 aromatic carbocycles. The van der Waals surface area contributed by atoms with Crippen LogP contribution in [0.25, 0.3) is 10.9 Å². The van der Waals surface area contributed by atoms with E-state index in [0.717, 1.165) is 18.9 Å². The number of alkyl halides is 3. The maximum atomic E-state index is 13.5. The highest BCUT2D eigenvalue weighted by Gasteiger charge is 2.49. The topological polar surface area (TPSA) is 92.1 Å². The Balaban J connectivity index is 1.34. The van der Waals surface area contributed by atoms with Gasteiger partial charge in [-0.3, -0.25) is 9.48 Å². The summed E-state index contributed by atoms with van der Waals surface area (Å²) in [6, 6.07) is 5.27. The minimum absolute atomic E-state index is 0.0411. The van der Waals surface area contributed by atoms with Gasteiger partial charge < -0.3 is 15.7 Å². The standard InChI is InChI=1S/C25H26Cl2F3N5O2/c1-24(2,37)11-35-10-17(22(27)34-35)23(36)33-19-8-14(5-12-6-15(12)19)31-20-9-21(25(28,29)30)32-18-4-3-13(26)7-16(18)20/h3-4,7,9-10,12,14-15,19,37H,5-6,8,11H2,1-2H3,(H,31,32)(H,33,36)/t12?,14-,15?,19-/m0/s1. The van der Waals surface area contributed by atoms with Crippen LogP contribution in [0.15, 0.2) is 30.5 Å². The Morgan fingerprint density at radius 1 is 1.19 bits per heavy atom. The normalized spacial score (nSPS) is 23.6. The summed E-state index contributed by atoms with van der Waals surface area (Å²) >= 11 is 12.3. The van der Waals surface area contributed by atoms with Crippen molar-refractivity contribution in [1.29, 1.82) is 0 Å². The van der Waals surface area contributed by atoms with Gasteiger partial charge in [0.1, 0.15) is 5.69 Å². The number of carbonyl (C=O) groups is 1. The molecule has 2 fully saturated rings. The Labute approximate surface area is 221 Å². The van der Waals surface area contributed by atoms with Gasteiger partial charge in [-0.25, -0.2) is 4.98 Å². The average molecular weight is 556 g/mol. The van der Waals surface area contributed by atoms with Crippen molar-refractivity contribution in [3.05, 3.63) is 51.9 Å². The Morgan fingerprint density at radius 2 is 1.95 bits per heavy atom. The van der Waals surface area contributed by atoms with Crippen molar-refractivity contribution in [2.45, 2.75) is 63.5 Å². The summed E-state index contributed by atoms with van der Waals surface area (Å²) in [4.78, 5) is 16.8. The second kappa shape index (κ2) is 9.32. The van der Waals surface area contributed by atoms with Crippen LogP contribution in [0.1, 0.15) is 49.2 Å². The number of aromatic nitrogens is 3. The molecule has 0 aliphatic heterocycles. The number of nitrogens with one attached hydrogen (secondary N) is 2. The molecule has 2 aliphatic carbocycles. The van der Waals surface area contributed by atoms with Crippen LogP contribution < -0.4 is 10.6 Å². The Morgan fingerprint density at radius 3 is 2.65 bits per heavy atom. The number of nitrogens with zero attached hydrogens (tertiary/aromatic N) is 3. The third kappa shape index (κ3) is 5.81. The first-order valence-corrected chi connectivity index (χ1v) is 12.7. The molecule has 2 heterocycles. The number of anilines is 1. The monoisotopic (exact) mass is 555 g/mol. The molecule has 12 heteroatoms. The van der Waals surface area contributed by atoms with Crippen LogP contribution in [0, 0.1) is 11.8 Å². The van der Waals surface area contributed by atoms with Crippen LogP contribution in [0.3, 0.4) is 0 Å². The summed E-state index contributed by atoms with van der Waals surface area (Å²) in [5, 5.41) is 21.4. The van der Waals surface area contributed by atoms with Gasteiger partial charge in [0.25, 0.3) is 5.91 Å². The highest BCUT2D eigenvalue weighted by atomic mass is 35.5. The fraction of sp³-hybridized carbons (Fsp3) is 0.480. The van der Waals surface area contributed by atoms with E-state index in [1.807, 2.05) is 0 Å². The van der Waals surface area contributed by atoms with Gasteiger partial charge >= 0.3 is 6.18 Å². The maximum Gasteiger partial charge on any atom is 0.433 e. The molecular formula is C25H26Cl2F3N5O2. The number of pyridine rings is 1. The summed E-state index contributed by atoms with van der Waals surface area (Å²) < 4.78 is 42.0. The van der Waals surface area contributed by atoms with Crippen molar-refractivity contribution in [2.24, 2.45) is 11.8 Å². The van der Waals surface area contributed by atoms with Crippen LogP contribution in [0.4, 0.5) is 18.9 Å². The van der Waals surface area contributed by atoms with Crippen molar-refractivity contribution in [3.8, 4) is 0 Å². The number of benzene rings is 1. The second-order valence-corrected chi connectivity index (χ2v) is 11.4. The lowest BCUT2D eigenvalue weighted by molar-refractivity contribution is -0.140. The van der Waals surface area contributed by atoms with Crippen molar-refractivity contribution >= 4 is 45.7 Å². The summed E-state index contributed by atoms with van der Waals surface area (Å²) in [6.07, 6.45) is -0.833. The molecule has 7 nitrogen and oxygen atoms in total. The lowest BCUT2D eigenvalue weighted by atomic mass is 9.90. The van der Waals surface area contributed by atoms with E-state index in [0.29, 0.717) is 34.4 Å².